The first-order chi connectivity index (χ1) is 15.9. The number of hydrogen-bond acceptors (Lipinski definition) is 6. The molecule has 1 unspecified atom stereocenters. The molecule has 5 atom stereocenters. The Kier molecular flexibility index (Phi) is 7.95. The number of aliphatic hydroxyl groups is 3. The van der Waals surface area contributed by atoms with Gasteiger partial charge in [-0.15, -0.1) is 0 Å². The van der Waals surface area contributed by atoms with E-state index in [1.807, 2.05) is 43.3 Å². The summed E-state index contributed by atoms with van der Waals surface area (Å²) in [5.41, 5.74) is 2.71. The van der Waals surface area contributed by atoms with Crippen LogP contribution >= 0.6 is 11.6 Å². The Bertz CT molecular complexity index is 915. The van der Waals surface area contributed by atoms with Crippen LogP contribution in [0.3, 0.4) is 0 Å². The molecule has 4 rings (SSSR count). The van der Waals surface area contributed by atoms with Gasteiger partial charge in [0.2, 0.25) is 0 Å². The van der Waals surface area contributed by atoms with Crippen LogP contribution < -0.4 is 4.74 Å². The maximum absolute atomic E-state index is 10.8. The van der Waals surface area contributed by atoms with E-state index < -0.39 is 30.6 Å². The molecule has 0 amide bonds. The summed E-state index contributed by atoms with van der Waals surface area (Å²) < 4.78 is 11.7. The van der Waals surface area contributed by atoms with Crippen LogP contribution in [0.4, 0.5) is 0 Å². The molecule has 3 N–H and O–H groups in total. The van der Waals surface area contributed by atoms with Gasteiger partial charge in [-0.25, -0.2) is 0 Å². The monoisotopic (exact) mass is 475 g/mol. The van der Waals surface area contributed by atoms with Crippen molar-refractivity contribution in [3.8, 4) is 5.75 Å². The van der Waals surface area contributed by atoms with Gasteiger partial charge < -0.3 is 24.8 Å². The number of hydrogen-bond donors (Lipinski definition) is 3. The number of ether oxygens (including phenoxy) is 2. The minimum absolute atomic E-state index is 0.612. The summed E-state index contributed by atoms with van der Waals surface area (Å²) in [5.74, 6) is 1.46. The molecule has 2 aliphatic heterocycles. The van der Waals surface area contributed by atoms with E-state index in [0.29, 0.717) is 24.0 Å². The maximum atomic E-state index is 10.8. The lowest BCUT2D eigenvalue weighted by atomic mass is 9.90. The van der Waals surface area contributed by atoms with Crippen molar-refractivity contribution in [2.45, 2.75) is 63.8 Å². The van der Waals surface area contributed by atoms with Crippen molar-refractivity contribution in [3.05, 3.63) is 64.2 Å². The molecule has 2 heterocycles. The van der Waals surface area contributed by atoms with Crippen LogP contribution in [0.5, 0.6) is 5.75 Å². The number of halogens is 1. The van der Waals surface area contributed by atoms with Gasteiger partial charge >= 0.3 is 0 Å². The van der Waals surface area contributed by atoms with Gasteiger partial charge in [0, 0.05) is 18.1 Å². The number of benzene rings is 2. The molecule has 0 aliphatic carbocycles. The first-order valence-electron chi connectivity index (χ1n) is 11.8. The number of piperidine rings is 1. The van der Waals surface area contributed by atoms with Gasteiger partial charge in [0.15, 0.2) is 0 Å². The average molecular weight is 476 g/mol. The molecule has 33 heavy (non-hydrogen) atoms. The number of rotatable bonds is 6. The predicted octanol–water partition coefficient (Wildman–Crippen LogP) is 3.54. The van der Waals surface area contributed by atoms with Gasteiger partial charge in [0.25, 0.3) is 0 Å². The van der Waals surface area contributed by atoms with E-state index in [4.69, 9.17) is 21.1 Å². The zero-order valence-electron chi connectivity index (χ0n) is 19.2. The third-order valence-electron chi connectivity index (χ3n) is 6.79. The molecular formula is C26H34ClNO5. The average Bonchev–Trinajstić information content (AvgIpc) is 2.81. The maximum Gasteiger partial charge on any atom is 0.140 e. The normalized spacial score (nSPS) is 29.2. The Morgan fingerprint density at radius 1 is 1.00 bits per heavy atom. The first kappa shape index (κ1) is 24.5. The Hall–Kier alpha value is -1.67. The lowest BCUT2D eigenvalue weighted by molar-refractivity contribution is -0.264. The number of nitrogens with zero attached hydrogens (tertiary/aromatic N) is 1. The minimum atomic E-state index is -1.29. The highest BCUT2D eigenvalue weighted by Gasteiger charge is 2.46. The highest BCUT2D eigenvalue weighted by atomic mass is 35.5. The topological polar surface area (TPSA) is 82.4 Å². The Labute approximate surface area is 200 Å². The van der Waals surface area contributed by atoms with Crippen LogP contribution in [0.15, 0.2) is 42.5 Å². The summed E-state index contributed by atoms with van der Waals surface area (Å²) in [5, 5.41) is 32.6. The van der Waals surface area contributed by atoms with Crippen molar-refractivity contribution in [2.24, 2.45) is 5.92 Å². The summed E-state index contributed by atoms with van der Waals surface area (Å²) in [4.78, 5) is 2.07. The predicted molar refractivity (Wildman–Crippen MR) is 127 cm³/mol. The molecule has 0 spiro atoms. The van der Waals surface area contributed by atoms with Crippen LogP contribution in [-0.4, -0.2) is 64.5 Å². The summed E-state index contributed by atoms with van der Waals surface area (Å²) >= 11 is 6.49. The molecule has 6 nitrogen and oxygen atoms in total. The molecule has 0 aromatic heterocycles. The number of aliphatic hydroxyl groups excluding tert-OH is 3. The molecular weight excluding hydrogens is 442 g/mol. The van der Waals surface area contributed by atoms with Crippen molar-refractivity contribution < 1.29 is 24.8 Å². The highest BCUT2D eigenvalue weighted by molar-refractivity contribution is 6.31. The molecule has 0 bridgehead atoms. The fourth-order valence-corrected chi connectivity index (χ4v) is 4.90. The van der Waals surface area contributed by atoms with E-state index in [2.05, 4.69) is 11.8 Å². The van der Waals surface area contributed by atoms with Crippen LogP contribution in [-0.2, 0) is 11.2 Å². The van der Waals surface area contributed by atoms with E-state index in [1.165, 1.54) is 0 Å². The Morgan fingerprint density at radius 2 is 1.70 bits per heavy atom. The van der Waals surface area contributed by atoms with Crippen LogP contribution in [0.2, 0.25) is 5.02 Å². The van der Waals surface area contributed by atoms with Crippen molar-refractivity contribution in [1.29, 1.82) is 0 Å². The smallest absolute Gasteiger partial charge is 0.140 e. The van der Waals surface area contributed by atoms with E-state index >= 15 is 0 Å². The van der Waals surface area contributed by atoms with Crippen LogP contribution in [0.25, 0.3) is 0 Å². The van der Waals surface area contributed by atoms with Crippen molar-refractivity contribution in [3.63, 3.8) is 0 Å². The quantitative estimate of drug-likeness (QED) is 0.592. The molecule has 2 aromatic carbocycles. The summed E-state index contributed by atoms with van der Waals surface area (Å²) in [6.45, 7) is 6.38. The fourth-order valence-electron chi connectivity index (χ4n) is 4.72. The van der Waals surface area contributed by atoms with Crippen LogP contribution in [0, 0.1) is 5.92 Å². The molecule has 7 heteroatoms. The SMILES string of the molecule is CCOc1ccc(Cc2cc([C@@H]3OC(N4CCC(C)CC4)[C@@H](O)[C@H](O)[C@H]3O)ccc2Cl)cc1. The third-order valence-corrected chi connectivity index (χ3v) is 7.16. The Balaban J connectivity index is 1.54. The van der Waals surface area contributed by atoms with Gasteiger partial charge in [-0.3, -0.25) is 4.90 Å². The zero-order valence-corrected chi connectivity index (χ0v) is 20.0. The molecule has 2 fully saturated rings. The highest BCUT2D eigenvalue weighted by Crippen LogP contribution is 2.36. The lowest BCUT2D eigenvalue weighted by Gasteiger charge is -2.46. The second-order valence-electron chi connectivity index (χ2n) is 9.24. The van der Waals surface area contributed by atoms with Gasteiger partial charge in [-0.05, 0) is 67.0 Å². The lowest BCUT2D eigenvalue weighted by Crippen LogP contribution is -2.60. The molecule has 0 saturated carbocycles. The molecule has 2 aliphatic rings. The van der Waals surface area contributed by atoms with E-state index in [1.54, 1.807) is 6.07 Å². The van der Waals surface area contributed by atoms with Crippen molar-refractivity contribution in [1.82, 2.24) is 4.90 Å². The van der Waals surface area contributed by atoms with E-state index in [-0.39, 0.29) is 0 Å². The van der Waals surface area contributed by atoms with Gasteiger partial charge in [-0.1, -0.05) is 42.8 Å². The minimum Gasteiger partial charge on any atom is -0.494 e. The van der Waals surface area contributed by atoms with Gasteiger partial charge in [0.05, 0.1) is 6.61 Å². The van der Waals surface area contributed by atoms with E-state index in [9.17, 15) is 15.3 Å². The standard InChI is InChI=1S/C26H34ClNO5/c1-3-32-20-7-4-17(5-8-20)14-19-15-18(6-9-21(19)27)25-23(30)22(29)24(31)26(33-25)28-12-10-16(2)11-13-28/h4-9,15-16,22-26,29-31H,3,10-14H2,1-2H3/t22-,23-,24+,25+,26?/m1/s1. The van der Waals surface area contributed by atoms with Gasteiger partial charge in [-0.2, -0.15) is 0 Å². The van der Waals surface area contributed by atoms with Crippen molar-refractivity contribution in [2.75, 3.05) is 19.7 Å². The molecule has 2 aromatic rings. The molecule has 0 radical (unpaired) electrons. The summed E-state index contributed by atoms with van der Waals surface area (Å²) in [7, 11) is 0. The van der Waals surface area contributed by atoms with Crippen LogP contribution in [0.1, 0.15) is 49.5 Å². The second kappa shape index (κ2) is 10.7. The largest absolute Gasteiger partial charge is 0.494 e. The second-order valence-corrected chi connectivity index (χ2v) is 9.65. The molecule has 180 valence electrons. The first-order valence-corrected chi connectivity index (χ1v) is 12.2. The summed E-state index contributed by atoms with van der Waals surface area (Å²) in [6, 6.07) is 13.4. The third kappa shape index (κ3) is 5.53. The zero-order chi connectivity index (χ0) is 23.5. The number of likely N-dealkylation sites (tertiary alicyclic amines) is 1. The van der Waals surface area contributed by atoms with E-state index in [0.717, 1.165) is 48.4 Å². The van der Waals surface area contributed by atoms with Gasteiger partial charge in [0.1, 0.15) is 36.4 Å². The fraction of sp³-hybridized carbons (Fsp3) is 0.538. The Morgan fingerprint density at radius 3 is 2.36 bits per heavy atom. The molecule has 2 saturated heterocycles. The van der Waals surface area contributed by atoms with Crippen molar-refractivity contribution >= 4 is 11.6 Å². The summed E-state index contributed by atoms with van der Waals surface area (Å²) in [6.07, 6.45) is -2.47.